The molecule has 1 N–H and O–H groups in total. The second-order valence-electron chi connectivity index (χ2n) is 6.70. The Bertz CT molecular complexity index is 711. The van der Waals surface area contributed by atoms with Crippen LogP contribution in [0.2, 0.25) is 0 Å². The normalized spacial score (nSPS) is 11.6. The molecular formula is C22H31NO. The molecule has 0 saturated carbocycles. The van der Waals surface area contributed by atoms with Gasteiger partial charge in [-0.05, 0) is 31.9 Å². The monoisotopic (exact) mass is 325 g/mol. The van der Waals surface area contributed by atoms with Crippen LogP contribution in [0.25, 0.3) is 17.0 Å². The van der Waals surface area contributed by atoms with Gasteiger partial charge in [0, 0.05) is 22.2 Å². The zero-order valence-electron chi connectivity index (χ0n) is 15.2. The van der Waals surface area contributed by atoms with Crippen LogP contribution in [-0.4, -0.2) is 4.98 Å². The molecule has 2 nitrogen and oxygen atoms in total. The lowest BCUT2D eigenvalue weighted by Gasteiger charge is -2.04. The van der Waals surface area contributed by atoms with E-state index in [0.29, 0.717) is 0 Å². The molecule has 0 bridgehead atoms. The third kappa shape index (κ3) is 5.36. The van der Waals surface area contributed by atoms with E-state index in [0.717, 1.165) is 28.6 Å². The van der Waals surface area contributed by atoms with Crippen LogP contribution < -0.4 is 5.43 Å². The van der Waals surface area contributed by atoms with Gasteiger partial charge in [0.2, 0.25) is 0 Å². The summed E-state index contributed by atoms with van der Waals surface area (Å²) in [5, 5.41) is 0.773. The van der Waals surface area contributed by atoms with E-state index >= 15 is 0 Å². The lowest BCUT2D eigenvalue weighted by atomic mass is 10.1. The van der Waals surface area contributed by atoms with Gasteiger partial charge >= 0.3 is 0 Å². The zero-order valence-corrected chi connectivity index (χ0v) is 15.2. The maximum Gasteiger partial charge on any atom is 0.196 e. The zero-order chi connectivity index (χ0) is 17.2. The molecule has 0 fully saturated rings. The number of hydrogen-bond acceptors (Lipinski definition) is 1. The summed E-state index contributed by atoms with van der Waals surface area (Å²) in [6, 6.07) is 7.72. The minimum atomic E-state index is 0.133. The van der Waals surface area contributed by atoms with Crippen molar-refractivity contribution in [2.45, 2.75) is 71.6 Å². The molecule has 0 amide bonds. The van der Waals surface area contributed by atoms with Crippen LogP contribution in [0.15, 0.2) is 35.1 Å². The van der Waals surface area contributed by atoms with Crippen molar-refractivity contribution >= 4 is 17.0 Å². The van der Waals surface area contributed by atoms with E-state index in [1.807, 2.05) is 37.3 Å². The van der Waals surface area contributed by atoms with E-state index in [1.165, 1.54) is 51.4 Å². The molecule has 2 aromatic rings. The van der Waals surface area contributed by atoms with Gasteiger partial charge in [0.05, 0.1) is 0 Å². The molecule has 0 atom stereocenters. The maximum atomic E-state index is 12.6. The first-order chi connectivity index (χ1) is 11.7. The molecule has 0 aliphatic carbocycles. The number of aromatic nitrogens is 1. The Morgan fingerprint density at radius 1 is 0.958 bits per heavy atom. The van der Waals surface area contributed by atoms with E-state index in [4.69, 9.17) is 0 Å². The number of aryl methyl sites for hydroxylation is 1. The molecule has 1 heterocycles. The molecule has 2 heteroatoms. The van der Waals surface area contributed by atoms with Crippen LogP contribution in [0.3, 0.4) is 0 Å². The predicted molar refractivity (Wildman–Crippen MR) is 106 cm³/mol. The van der Waals surface area contributed by atoms with Crippen molar-refractivity contribution in [3.63, 3.8) is 0 Å². The second-order valence-corrected chi connectivity index (χ2v) is 6.70. The molecule has 0 unspecified atom stereocenters. The van der Waals surface area contributed by atoms with Crippen LogP contribution in [0, 0.1) is 6.92 Å². The third-order valence-electron chi connectivity index (χ3n) is 4.65. The molecule has 1 aromatic carbocycles. The number of nitrogens with one attached hydrogen (secondary N) is 1. The number of unbranched alkanes of at least 4 members (excludes halogenated alkanes) is 8. The van der Waals surface area contributed by atoms with Crippen molar-refractivity contribution in [3.8, 4) is 0 Å². The molecule has 2 rings (SSSR count). The van der Waals surface area contributed by atoms with E-state index in [-0.39, 0.29) is 5.43 Å². The summed E-state index contributed by atoms with van der Waals surface area (Å²) >= 11 is 0. The highest BCUT2D eigenvalue weighted by atomic mass is 16.1. The number of hydrogen-bond donors (Lipinski definition) is 1. The lowest BCUT2D eigenvalue weighted by molar-refractivity contribution is 0.578. The van der Waals surface area contributed by atoms with Gasteiger partial charge in [-0.1, -0.05) is 76.2 Å². The van der Waals surface area contributed by atoms with Gasteiger partial charge in [0.25, 0.3) is 0 Å². The van der Waals surface area contributed by atoms with Gasteiger partial charge in [0.1, 0.15) is 0 Å². The molecule has 24 heavy (non-hydrogen) atoms. The largest absolute Gasteiger partial charge is 0.358 e. The Kier molecular flexibility index (Phi) is 7.81. The number of benzene rings is 1. The van der Waals surface area contributed by atoms with Crippen LogP contribution >= 0.6 is 0 Å². The van der Waals surface area contributed by atoms with E-state index in [1.54, 1.807) is 0 Å². The first-order valence-corrected chi connectivity index (χ1v) is 9.52. The highest BCUT2D eigenvalue weighted by Gasteiger charge is 2.05. The lowest BCUT2D eigenvalue weighted by Crippen LogP contribution is -2.09. The molecule has 1 aromatic heterocycles. The van der Waals surface area contributed by atoms with Gasteiger partial charge in [-0.25, -0.2) is 0 Å². The van der Waals surface area contributed by atoms with Crippen molar-refractivity contribution in [2.75, 3.05) is 0 Å². The van der Waals surface area contributed by atoms with Crippen LogP contribution in [0.4, 0.5) is 0 Å². The minimum Gasteiger partial charge on any atom is -0.358 e. The highest BCUT2D eigenvalue weighted by Crippen LogP contribution is 2.13. The summed E-state index contributed by atoms with van der Waals surface area (Å²) in [6.45, 7) is 4.23. The second kappa shape index (κ2) is 10.1. The van der Waals surface area contributed by atoms with E-state index in [9.17, 15) is 4.79 Å². The van der Waals surface area contributed by atoms with Gasteiger partial charge in [-0.15, -0.1) is 0 Å². The van der Waals surface area contributed by atoms with Crippen LogP contribution in [-0.2, 0) is 0 Å². The Morgan fingerprint density at radius 3 is 2.38 bits per heavy atom. The Balaban J connectivity index is 1.80. The first kappa shape index (κ1) is 18.5. The first-order valence-electron chi connectivity index (χ1n) is 9.52. The summed E-state index contributed by atoms with van der Waals surface area (Å²) < 4.78 is 0. The average Bonchev–Trinajstić information content (AvgIpc) is 2.59. The van der Waals surface area contributed by atoms with Gasteiger partial charge in [-0.3, -0.25) is 4.79 Å². The predicted octanol–water partition coefficient (Wildman–Crippen LogP) is 6.38. The molecule has 0 radical (unpaired) electrons. The summed E-state index contributed by atoms with van der Waals surface area (Å²) in [6.07, 6.45) is 15.9. The quantitative estimate of drug-likeness (QED) is 0.505. The number of allylic oxidation sites excluding steroid dienone is 1. The number of para-hydroxylation sites is 1. The number of fused-ring (bicyclic) bond motifs is 1. The topological polar surface area (TPSA) is 32.9 Å². The fourth-order valence-corrected chi connectivity index (χ4v) is 3.17. The Morgan fingerprint density at radius 2 is 1.62 bits per heavy atom. The number of H-pyrrole nitrogens is 1. The minimum absolute atomic E-state index is 0.133. The fraction of sp³-hybridized carbons (Fsp3) is 0.500. The van der Waals surface area contributed by atoms with Gasteiger partial charge in [0.15, 0.2) is 5.43 Å². The van der Waals surface area contributed by atoms with Gasteiger partial charge in [-0.2, -0.15) is 0 Å². The standard InChI is InChI=1S/C22H31NO/c1-3-4-5-6-7-8-9-10-11-12-15-19-18(2)23-21-17-14-13-16-20(21)22(19)24/h12-17H,3-11H2,1-2H3,(H,23,24). The fourth-order valence-electron chi connectivity index (χ4n) is 3.17. The number of aromatic amines is 1. The smallest absolute Gasteiger partial charge is 0.196 e. The Hall–Kier alpha value is -1.83. The SMILES string of the molecule is CCCCCCCCCCC=Cc1c(C)[nH]c2ccccc2c1=O. The van der Waals surface area contributed by atoms with Crippen LogP contribution in [0.5, 0.6) is 0 Å². The molecular weight excluding hydrogens is 294 g/mol. The maximum absolute atomic E-state index is 12.6. The third-order valence-corrected chi connectivity index (χ3v) is 4.65. The Labute approximate surface area is 146 Å². The van der Waals surface area contributed by atoms with E-state index < -0.39 is 0 Å². The van der Waals surface area contributed by atoms with Crippen molar-refractivity contribution in [3.05, 3.63) is 51.8 Å². The van der Waals surface area contributed by atoms with Crippen molar-refractivity contribution in [1.29, 1.82) is 0 Å². The summed E-state index contributed by atoms with van der Waals surface area (Å²) in [5.74, 6) is 0. The molecule has 0 aliphatic heterocycles. The summed E-state index contributed by atoms with van der Waals surface area (Å²) in [7, 11) is 0. The van der Waals surface area contributed by atoms with Crippen LogP contribution in [0.1, 0.15) is 76.0 Å². The average molecular weight is 325 g/mol. The molecule has 130 valence electrons. The van der Waals surface area contributed by atoms with E-state index in [2.05, 4.69) is 18.0 Å². The van der Waals surface area contributed by atoms with Gasteiger partial charge < -0.3 is 4.98 Å². The molecule has 0 aliphatic rings. The summed E-state index contributed by atoms with van der Waals surface area (Å²) in [4.78, 5) is 15.9. The van der Waals surface area contributed by atoms with Crippen molar-refractivity contribution < 1.29 is 0 Å². The van der Waals surface area contributed by atoms with Crippen molar-refractivity contribution in [1.82, 2.24) is 4.98 Å². The number of pyridine rings is 1. The van der Waals surface area contributed by atoms with Crippen molar-refractivity contribution in [2.24, 2.45) is 0 Å². The number of rotatable bonds is 10. The highest BCUT2D eigenvalue weighted by molar-refractivity contribution is 5.81. The molecule has 0 saturated heterocycles. The molecule has 0 spiro atoms. The summed E-state index contributed by atoms with van der Waals surface area (Å²) in [5.41, 5.74) is 2.80.